The van der Waals surface area contributed by atoms with Gasteiger partial charge in [0.2, 0.25) is 0 Å². The monoisotopic (exact) mass is 428 g/mol. The molecule has 3 aromatic rings. The zero-order valence-electron chi connectivity index (χ0n) is 19.2. The Bertz CT molecular complexity index is 1150. The van der Waals surface area contributed by atoms with Gasteiger partial charge in [-0.25, -0.2) is 0 Å². The van der Waals surface area contributed by atoms with Gasteiger partial charge in [-0.15, -0.1) is 0 Å². The molecule has 5 rings (SSSR count). The minimum absolute atomic E-state index is 0.0232. The standard InChI is InChI=1S/C28H32N2O2/c1-19-15-22(30(3)17-19)18-32-23-12-11-20(2)25(16-23)27(31)29-28(13-14-28)26-10-6-8-21-7-4-5-9-24(21)26/h4-12,16,19,22H,13-15,17-18H2,1-3H3,(H,29,31)/t19-,22?/m1/s1. The van der Waals surface area contributed by atoms with Crippen LogP contribution in [0.3, 0.4) is 0 Å². The third-order valence-corrected chi connectivity index (χ3v) is 7.20. The number of likely N-dealkylation sites (tertiary alicyclic amines) is 1. The molecule has 2 atom stereocenters. The minimum Gasteiger partial charge on any atom is -0.492 e. The average Bonchev–Trinajstić information content (AvgIpc) is 3.49. The number of likely N-dealkylation sites (N-methyl/N-ethyl adjacent to an activating group) is 1. The quantitative estimate of drug-likeness (QED) is 0.580. The second-order valence-electron chi connectivity index (χ2n) is 9.78. The van der Waals surface area contributed by atoms with Crippen LogP contribution in [0.2, 0.25) is 0 Å². The first-order valence-electron chi connectivity index (χ1n) is 11.7. The lowest BCUT2D eigenvalue weighted by molar-refractivity contribution is 0.0930. The molecule has 1 N–H and O–H groups in total. The van der Waals surface area contributed by atoms with Crippen LogP contribution < -0.4 is 10.1 Å². The second kappa shape index (κ2) is 8.25. The van der Waals surface area contributed by atoms with Crippen molar-refractivity contribution in [2.24, 2.45) is 5.92 Å². The van der Waals surface area contributed by atoms with Crippen molar-refractivity contribution < 1.29 is 9.53 Å². The van der Waals surface area contributed by atoms with E-state index in [-0.39, 0.29) is 11.4 Å². The summed E-state index contributed by atoms with van der Waals surface area (Å²) in [6.07, 6.45) is 3.09. The van der Waals surface area contributed by atoms with Gasteiger partial charge in [0, 0.05) is 18.2 Å². The summed E-state index contributed by atoms with van der Waals surface area (Å²) in [6.45, 7) is 6.05. The second-order valence-corrected chi connectivity index (χ2v) is 9.78. The summed E-state index contributed by atoms with van der Waals surface area (Å²) in [6, 6.07) is 21.1. The van der Waals surface area contributed by atoms with Crippen molar-refractivity contribution in [1.29, 1.82) is 0 Å². The van der Waals surface area contributed by atoms with E-state index in [0.717, 1.165) is 37.1 Å². The van der Waals surface area contributed by atoms with E-state index in [1.807, 2.05) is 25.1 Å². The Morgan fingerprint density at radius 1 is 1.12 bits per heavy atom. The first-order chi connectivity index (χ1) is 15.4. The van der Waals surface area contributed by atoms with Crippen LogP contribution in [0.1, 0.15) is 47.7 Å². The SMILES string of the molecule is Cc1ccc(OCC2C[C@@H](C)CN2C)cc1C(=O)NC1(c2cccc3ccccc23)CC1. The Morgan fingerprint density at radius 2 is 1.91 bits per heavy atom. The number of amides is 1. The van der Waals surface area contributed by atoms with Crippen LogP contribution >= 0.6 is 0 Å². The third-order valence-electron chi connectivity index (χ3n) is 7.20. The highest BCUT2D eigenvalue weighted by molar-refractivity contribution is 5.97. The van der Waals surface area contributed by atoms with Gasteiger partial charge in [-0.1, -0.05) is 55.5 Å². The largest absolute Gasteiger partial charge is 0.492 e. The van der Waals surface area contributed by atoms with Crippen molar-refractivity contribution in [1.82, 2.24) is 10.2 Å². The number of benzene rings is 3. The van der Waals surface area contributed by atoms with Crippen LogP contribution in [-0.4, -0.2) is 37.0 Å². The maximum absolute atomic E-state index is 13.4. The highest BCUT2D eigenvalue weighted by Gasteiger charge is 2.46. The van der Waals surface area contributed by atoms with E-state index in [1.54, 1.807) is 0 Å². The van der Waals surface area contributed by atoms with Crippen LogP contribution in [0.5, 0.6) is 5.75 Å². The molecule has 32 heavy (non-hydrogen) atoms. The number of carbonyl (C=O) groups excluding carboxylic acids is 1. The van der Waals surface area contributed by atoms with E-state index in [9.17, 15) is 4.79 Å². The summed E-state index contributed by atoms with van der Waals surface area (Å²) in [5, 5.41) is 5.80. The lowest BCUT2D eigenvalue weighted by atomic mass is 9.96. The molecule has 0 bridgehead atoms. The lowest BCUT2D eigenvalue weighted by Gasteiger charge is -2.22. The van der Waals surface area contributed by atoms with Crippen molar-refractivity contribution in [3.8, 4) is 5.75 Å². The summed E-state index contributed by atoms with van der Waals surface area (Å²) in [5.41, 5.74) is 2.61. The van der Waals surface area contributed by atoms with Crippen LogP contribution in [-0.2, 0) is 5.54 Å². The molecule has 1 saturated heterocycles. The summed E-state index contributed by atoms with van der Waals surface area (Å²) >= 11 is 0. The highest BCUT2D eigenvalue weighted by atomic mass is 16.5. The molecule has 1 unspecified atom stereocenters. The molecule has 3 aromatic carbocycles. The van der Waals surface area contributed by atoms with Gasteiger partial charge in [-0.2, -0.15) is 0 Å². The summed E-state index contributed by atoms with van der Waals surface area (Å²) in [5.74, 6) is 1.45. The molecule has 2 fully saturated rings. The zero-order chi connectivity index (χ0) is 22.3. The maximum Gasteiger partial charge on any atom is 0.252 e. The third kappa shape index (κ3) is 4.00. The lowest BCUT2D eigenvalue weighted by Crippen LogP contribution is -2.35. The van der Waals surface area contributed by atoms with E-state index >= 15 is 0 Å². The van der Waals surface area contributed by atoms with Gasteiger partial charge in [0.25, 0.3) is 5.91 Å². The Morgan fingerprint density at radius 3 is 2.66 bits per heavy atom. The molecule has 1 amide bonds. The van der Waals surface area contributed by atoms with Crippen LogP contribution in [0.15, 0.2) is 60.7 Å². The van der Waals surface area contributed by atoms with E-state index in [2.05, 4.69) is 66.7 Å². The van der Waals surface area contributed by atoms with Crippen LogP contribution in [0.25, 0.3) is 10.8 Å². The van der Waals surface area contributed by atoms with Gasteiger partial charge < -0.3 is 10.1 Å². The summed E-state index contributed by atoms with van der Waals surface area (Å²) in [4.78, 5) is 15.7. The topological polar surface area (TPSA) is 41.6 Å². The molecule has 1 saturated carbocycles. The van der Waals surface area contributed by atoms with Crippen molar-refractivity contribution in [2.45, 2.75) is 44.7 Å². The molecular weight excluding hydrogens is 396 g/mol. The van der Waals surface area contributed by atoms with Gasteiger partial charge in [0.15, 0.2) is 0 Å². The minimum atomic E-state index is -0.274. The number of hydrogen-bond acceptors (Lipinski definition) is 3. The van der Waals surface area contributed by atoms with Crippen molar-refractivity contribution in [3.05, 3.63) is 77.4 Å². The van der Waals surface area contributed by atoms with Crippen LogP contribution in [0.4, 0.5) is 0 Å². The number of rotatable bonds is 6. The molecule has 166 valence electrons. The Balaban J connectivity index is 1.34. The number of nitrogens with one attached hydrogen (secondary N) is 1. The van der Waals surface area contributed by atoms with E-state index < -0.39 is 0 Å². The summed E-state index contributed by atoms with van der Waals surface area (Å²) < 4.78 is 6.12. The van der Waals surface area contributed by atoms with Gasteiger partial charge in [0.05, 0.1) is 5.54 Å². The van der Waals surface area contributed by atoms with Crippen molar-refractivity contribution >= 4 is 16.7 Å². The first kappa shape index (κ1) is 21.0. The van der Waals surface area contributed by atoms with Gasteiger partial charge in [-0.3, -0.25) is 9.69 Å². The van der Waals surface area contributed by atoms with Gasteiger partial charge >= 0.3 is 0 Å². The Hall–Kier alpha value is -2.85. The molecule has 2 aliphatic rings. The predicted molar refractivity (Wildman–Crippen MR) is 129 cm³/mol. The number of hydrogen-bond donors (Lipinski definition) is 1. The fourth-order valence-electron chi connectivity index (χ4n) is 5.20. The molecule has 1 aliphatic heterocycles. The van der Waals surface area contributed by atoms with E-state index in [1.165, 1.54) is 16.3 Å². The van der Waals surface area contributed by atoms with Crippen LogP contribution in [0, 0.1) is 12.8 Å². The summed E-state index contributed by atoms with van der Waals surface area (Å²) in [7, 11) is 2.16. The van der Waals surface area contributed by atoms with E-state index in [4.69, 9.17) is 4.74 Å². The molecule has 0 spiro atoms. The molecule has 4 nitrogen and oxygen atoms in total. The predicted octanol–water partition coefficient (Wildman–Crippen LogP) is 5.29. The number of aryl methyl sites for hydroxylation is 1. The first-order valence-corrected chi connectivity index (χ1v) is 11.7. The normalized spacial score (nSPS) is 22.1. The Kier molecular flexibility index (Phi) is 5.42. The molecule has 1 aliphatic carbocycles. The average molecular weight is 429 g/mol. The molecule has 0 aromatic heterocycles. The molecule has 0 radical (unpaired) electrons. The molecule has 4 heteroatoms. The molecule has 1 heterocycles. The van der Waals surface area contributed by atoms with Gasteiger partial charge in [-0.05, 0) is 73.2 Å². The number of nitrogens with zero attached hydrogens (tertiary/aromatic N) is 1. The maximum atomic E-state index is 13.4. The number of ether oxygens (including phenoxy) is 1. The number of fused-ring (bicyclic) bond motifs is 1. The zero-order valence-corrected chi connectivity index (χ0v) is 19.2. The fourth-order valence-corrected chi connectivity index (χ4v) is 5.20. The van der Waals surface area contributed by atoms with E-state index in [0.29, 0.717) is 24.1 Å². The highest BCUT2D eigenvalue weighted by Crippen LogP contribution is 2.48. The Labute approximate surface area is 190 Å². The van der Waals surface area contributed by atoms with Gasteiger partial charge in [0.1, 0.15) is 12.4 Å². The smallest absolute Gasteiger partial charge is 0.252 e. The fraction of sp³-hybridized carbons (Fsp3) is 0.393. The molecular formula is C28H32N2O2. The number of carbonyl (C=O) groups is 1. The van der Waals surface area contributed by atoms with Crippen molar-refractivity contribution in [2.75, 3.05) is 20.2 Å². The van der Waals surface area contributed by atoms with Crippen molar-refractivity contribution in [3.63, 3.8) is 0 Å².